The third-order valence-corrected chi connectivity index (χ3v) is 4.28. The number of rotatable bonds is 7. The smallest absolute Gasteiger partial charge is 0.303 e. The predicted octanol–water partition coefficient (Wildman–Crippen LogP) is 3.43. The van der Waals surface area contributed by atoms with Gasteiger partial charge in [-0.25, -0.2) is 0 Å². The molecule has 6 nitrogen and oxygen atoms in total. The lowest BCUT2D eigenvalue weighted by atomic mass is 10.0. The van der Waals surface area contributed by atoms with E-state index in [1.165, 1.54) is 0 Å². The van der Waals surface area contributed by atoms with E-state index in [-0.39, 0.29) is 24.5 Å². The van der Waals surface area contributed by atoms with Crippen molar-refractivity contribution in [3.63, 3.8) is 0 Å². The number of carboxylic acids is 1. The van der Waals surface area contributed by atoms with Gasteiger partial charge in [0.05, 0.1) is 0 Å². The van der Waals surface area contributed by atoms with E-state index in [0.717, 1.165) is 17.5 Å². The second-order valence-electron chi connectivity index (χ2n) is 7.21. The second-order valence-corrected chi connectivity index (χ2v) is 7.21. The van der Waals surface area contributed by atoms with Crippen LogP contribution in [-0.4, -0.2) is 29.2 Å². The number of carbonyl (C=O) groups excluding carboxylic acids is 1. The van der Waals surface area contributed by atoms with E-state index in [0.29, 0.717) is 23.6 Å². The zero-order chi connectivity index (χ0) is 19.4. The van der Waals surface area contributed by atoms with Crippen LogP contribution in [0.5, 0.6) is 11.5 Å². The van der Waals surface area contributed by atoms with E-state index >= 15 is 0 Å². The van der Waals surface area contributed by atoms with Crippen LogP contribution >= 0.6 is 0 Å². The summed E-state index contributed by atoms with van der Waals surface area (Å²) in [6.45, 7) is 3.91. The molecule has 3 rings (SSSR count). The first-order chi connectivity index (χ1) is 12.8. The van der Waals surface area contributed by atoms with E-state index in [1.54, 1.807) is 30.3 Å². The SMILES string of the molecule is CC1(C)Cc2cccc(OCC(=O)Nc3ccc(CCC(=O)O)cc3)c2O1. The van der Waals surface area contributed by atoms with Crippen molar-refractivity contribution >= 4 is 17.6 Å². The molecule has 2 aromatic rings. The van der Waals surface area contributed by atoms with Crippen LogP contribution in [0.4, 0.5) is 5.69 Å². The van der Waals surface area contributed by atoms with Gasteiger partial charge in [0.25, 0.3) is 5.91 Å². The maximum atomic E-state index is 12.2. The van der Waals surface area contributed by atoms with Crippen molar-refractivity contribution in [1.82, 2.24) is 0 Å². The molecule has 1 heterocycles. The number of aryl methyl sites for hydroxylation is 1. The number of hydrogen-bond acceptors (Lipinski definition) is 4. The van der Waals surface area contributed by atoms with Crippen molar-refractivity contribution in [3.8, 4) is 11.5 Å². The highest BCUT2D eigenvalue weighted by Gasteiger charge is 2.32. The molecule has 2 N–H and O–H groups in total. The van der Waals surface area contributed by atoms with Gasteiger partial charge in [-0.05, 0) is 44.0 Å². The Hall–Kier alpha value is -3.02. The van der Waals surface area contributed by atoms with Crippen LogP contribution in [0, 0.1) is 0 Å². The molecule has 0 fully saturated rings. The predicted molar refractivity (Wildman–Crippen MR) is 101 cm³/mol. The van der Waals surface area contributed by atoms with Crippen LogP contribution in [0.25, 0.3) is 0 Å². The molecule has 1 amide bonds. The Morgan fingerprint density at radius 3 is 2.63 bits per heavy atom. The van der Waals surface area contributed by atoms with Gasteiger partial charge in [-0.1, -0.05) is 24.3 Å². The first-order valence-corrected chi connectivity index (χ1v) is 8.87. The molecule has 6 heteroatoms. The Labute approximate surface area is 158 Å². The number of carboxylic acid groups (broad SMARTS) is 1. The molecule has 0 unspecified atom stereocenters. The number of hydrogen-bond donors (Lipinski definition) is 2. The van der Waals surface area contributed by atoms with Crippen molar-refractivity contribution in [3.05, 3.63) is 53.6 Å². The van der Waals surface area contributed by atoms with Gasteiger partial charge >= 0.3 is 5.97 Å². The number of benzene rings is 2. The minimum Gasteiger partial charge on any atom is -0.483 e. The topological polar surface area (TPSA) is 84.9 Å². The maximum Gasteiger partial charge on any atom is 0.303 e. The highest BCUT2D eigenvalue weighted by atomic mass is 16.5. The number of anilines is 1. The molecular weight excluding hydrogens is 346 g/mol. The van der Waals surface area contributed by atoms with Crippen LogP contribution in [0.2, 0.25) is 0 Å². The van der Waals surface area contributed by atoms with Crippen LogP contribution in [-0.2, 0) is 22.4 Å². The number of nitrogens with one attached hydrogen (secondary N) is 1. The van der Waals surface area contributed by atoms with E-state index in [4.69, 9.17) is 14.6 Å². The molecule has 0 aliphatic carbocycles. The Kier molecular flexibility index (Phi) is 5.35. The van der Waals surface area contributed by atoms with E-state index in [9.17, 15) is 9.59 Å². The van der Waals surface area contributed by atoms with Gasteiger partial charge < -0.3 is 19.9 Å². The van der Waals surface area contributed by atoms with Crippen LogP contribution < -0.4 is 14.8 Å². The molecule has 0 aromatic heterocycles. The normalized spacial score (nSPS) is 14.1. The molecule has 0 atom stereocenters. The first kappa shape index (κ1) is 18.8. The second kappa shape index (κ2) is 7.70. The maximum absolute atomic E-state index is 12.2. The van der Waals surface area contributed by atoms with Crippen LogP contribution in [0.1, 0.15) is 31.4 Å². The van der Waals surface area contributed by atoms with Crippen molar-refractivity contribution in [2.45, 2.75) is 38.7 Å². The number of fused-ring (bicyclic) bond motifs is 1. The highest BCUT2D eigenvalue weighted by Crippen LogP contribution is 2.41. The zero-order valence-electron chi connectivity index (χ0n) is 15.5. The van der Waals surface area contributed by atoms with Gasteiger partial charge in [-0.2, -0.15) is 0 Å². The summed E-state index contributed by atoms with van der Waals surface area (Å²) in [5, 5.41) is 11.5. The number of amides is 1. The van der Waals surface area contributed by atoms with Crippen LogP contribution in [0.3, 0.4) is 0 Å². The molecule has 27 heavy (non-hydrogen) atoms. The van der Waals surface area contributed by atoms with Crippen molar-refractivity contribution in [2.75, 3.05) is 11.9 Å². The van der Waals surface area contributed by atoms with Gasteiger partial charge in [-0.15, -0.1) is 0 Å². The third-order valence-electron chi connectivity index (χ3n) is 4.28. The molecule has 142 valence electrons. The zero-order valence-corrected chi connectivity index (χ0v) is 15.5. The molecule has 0 bridgehead atoms. The summed E-state index contributed by atoms with van der Waals surface area (Å²) < 4.78 is 11.6. The van der Waals surface area contributed by atoms with Gasteiger partial charge in [0, 0.05) is 24.1 Å². The van der Waals surface area contributed by atoms with E-state index < -0.39 is 5.97 Å². The summed E-state index contributed by atoms with van der Waals surface area (Å²) in [4.78, 5) is 22.8. The summed E-state index contributed by atoms with van der Waals surface area (Å²) >= 11 is 0. The fourth-order valence-electron chi connectivity index (χ4n) is 3.05. The molecule has 1 aliphatic rings. The monoisotopic (exact) mass is 369 g/mol. The Balaban J connectivity index is 1.54. The summed E-state index contributed by atoms with van der Waals surface area (Å²) in [5.74, 6) is 0.169. The molecule has 0 saturated heterocycles. The van der Waals surface area contributed by atoms with Gasteiger partial charge in [-0.3, -0.25) is 9.59 Å². The average molecular weight is 369 g/mol. The molecular formula is C21H23NO5. The third kappa shape index (κ3) is 5.00. The van der Waals surface area contributed by atoms with Crippen LogP contribution in [0.15, 0.2) is 42.5 Å². The summed E-state index contributed by atoms with van der Waals surface area (Å²) in [6.07, 6.45) is 1.35. The van der Waals surface area contributed by atoms with E-state index in [2.05, 4.69) is 5.32 Å². The van der Waals surface area contributed by atoms with Crippen molar-refractivity contribution in [1.29, 1.82) is 0 Å². The lowest BCUT2D eigenvalue weighted by Gasteiger charge is -2.18. The quantitative estimate of drug-likeness (QED) is 0.781. The Morgan fingerprint density at radius 2 is 1.93 bits per heavy atom. The van der Waals surface area contributed by atoms with Gasteiger partial charge in [0.2, 0.25) is 0 Å². The van der Waals surface area contributed by atoms with Gasteiger partial charge in [0.1, 0.15) is 5.60 Å². The summed E-state index contributed by atoms with van der Waals surface area (Å²) in [6, 6.07) is 12.8. The summed E-state index contributed by atoms with van der Waals surface area (Å²) in [7, 11) is 0. The molecule has 2 aromatic carbocycles. The Bertz CT molecular complexity index is 842. The first-order valence-electron chi connectivity index (χ1n) is 8.87. The van der Waals surface area contributed by atoms with Crippen molar-refractivity contribution < 1.29 is 24.2 Å². The molecule has 0 saturated carbocycles. The molecule has 1 aliphatic heterocycles. The number of ether oxygens (including phenoxy) is 2. The highest BCUT2D eigenvalue weighted by molar-refractivity contribution is 5.91. The molecule has 0 spiro atoms. The lowest BCUT2D eigenvalue weighted by Crippen LogP contribution is -2.25. The molecule has 0 radical (unpaired) electrons. The van der Waals surface area contributed by atoms with Crippen molar-refractivity contribution in [2.24, 2.45) is 0 Å². The van der Waals surface area contributed by atoms with Gasteiger partial charge in [0.15, 0.2) is 18.1 Å². The summed E-state index contributed by atoms with van der Waals surface area (Å²) in [5.41, 5.74) is 2.35. The minimum absolute atomic E-state index is 0.0832. The van der Waals surface area contributed by atoms with E-state index in [1.807, 2.05) is 26.0 Å². The minimum atomic E-state index is -0.829. The lowest BCUT2D eigenvalue weighted by molar-refractivity contribution is -0.137. The average Bonchev–Trinajstić information content (AvgIpc) is 2.93. The number of para-hydroxylation sites is 1. The fourth-order valence-corrected chi connectivity index (χ4v) is 3.05. The number of aliphatic carboxylic acids is 1. The Morgan fingerprint density at radius 1 is 1.19 bits per heavy atom. The fraction of sp³-hybridized carbons (Fsp3) is 0.333. The standard InChI is InChI=1S/C21H23NO5/c1-21(2)12-15-4-3-5-17(20(15)27-21)26-13-18(23)22-16-9-6-14(7-10-16)8-11-19(24)25/h3-7,9-10H,8,11-13H2,1-2H3,(H,22,23)(H,24,25). The number of carbonyl (C=O) groups is 2. The largest absolute Gasteiger partial charge is 0.483 e.